The lowest BCUT2D eigenvalue weighted by molar-refractivity contribution is 0.453. The summed E-state index contributed by atoms with van der Waals surface area (Å²) in [5.41, 5.74) is 6.62. The maximum Gasteiger partial charge on any atom is 0.240 e. The number of hydrogen-bond acceptors (Lipinski definition) is 3. The predicted molar refractivity (Wildman–Crippen MR) is 78.9 cm³/mol. The SMILES string of the molecule is Cc1cccc(S(=O)(=O)NC2CCCC2CN)c1.Cl. The fraction of sp³-hybridized carbons (Fsp3) is 0.538. The van der Waals surface area contributed by atoms with Gasteiger partial charge in [0.1, 0.15) is 0 Å². The summed E-state index contributed by atoms with van der Waals surface area (Å²) in [5, 5.41) is 0. The van der Waals surface area contributed by atoms with Gasteiger partial charge in [0.05, 0.1) is 4.90 Å². The molecule has 0 heterocycles. The van der Waals surface area contributed by atoms with E-state index in [2.05, 4.69) is 4.72 Å². The van der Waals surface area contributed by atoms with Crippen molar-refractivity contribution in [2.24, 2.45) is 11.7 Å². The van der Waals surface area contributed by atoms with Crippen LogP contribution < -0.4 is 10.5 Å². The van der Waals surface area contributed by atoms with Gasteiger partial charge in [0.2, 0.25) is 10.0 Å². The second-order valence-electron chi connectivity index (χ2n) is 4.97. The summed E-state index contributed by atoms with van der Waals surface area (Å²) in [6.45, 7) is 2.43. The highest BCUT2D eigenvalue weighted by atomic mass is 35.5. The molecule has 0 bridgehead atoms. The molecule has 2 rings (SSSR count). The molecule has 1 aliphatic rings. The predicted octanol–water partition coefficient (Wildman–Crippen LogP) is 1.82. The average Bonchev–Trinajstić information content (AvgIpc) is 2.75. The fourth-order valence-corrected chi connectivity index (χ4v) is 3.97. The van der Waals surface area contributed by atoms with Crippen LogP contribution in [0.15, 0.2) is 29.2 Å². The zero-order valence-electron chi connectivity index (χ0n) is 11.0. The van der Waals surface area contributed by atoms with Crippen LogP contribution >= 0.6 is 12.4 Å². The van der Waals surface area contributed by atoms with Crippen LogP contribution in [0.2, 0.25) is 0 Å². The smallest absolute Gasteiger partial charge is 0.240 e. The van der Waals surface area contributed by atoms with E-state index in [9.17, 15) is 8.42 Å². The van der Waals surface area contributed by atoms with Crippen LogP contribution in [0.5, 0.6) is 0 Å². The van der Waals surface area contributed by atoms with Crippen LogP contribution in [0.25, 0.3) is 0 Å². The van der Waals surface area contributed by atoms with E-state index < -0.39 is 10.0 Å². The molecule has 0 amide bonds. The minimum absolute atomic E-state index is 0. The Balaban J connectivity index is 0.00000180. The Bertz CT molecular complexity index is 519. The molecule has 2 unspecified atom stereocenters. The molecule has 2 atom stereocenters. The van der Waals surface area contributed by atoms with Crippen LogP contribution in [-0.2, 0) is 10.0 Å². The van der Waals surface area contributed by atoms with Gasteiger partial charge < -0.3 is 5.73 Å². The van der Waals surface area contributed by atoms with Crippen molar-refractivity contribution in [1.29, 1.82) is 0 Å². The molecule has 0 saturated heterocycles. The summed E-state index contributed by atoms with van der Waals surface area (Å²) in [6, 6.07) is 6.95. The molecule has 19 heavy (non-hydrogen) atoms. The zero-order chi connectivity index (χ0) is 13.2. The molecular formula is C13H21ClN2O2S. The van der Waals surface area contributed by atoms with Crippen molar-refractivity contribution in [1.82, 2.24) is 4.72 Å². The third-order valence-electron chi connectivity index (χ3n) is 3.57. The van der Waals surface area contributed by atoms with E-state index in [4.69, 9.17) is 5.73 Å². The van der Waals surface area contributed by atoms with Crippen LogP contribution in [-0.4, -0.2) is 21.0 Å². The third kappa shape index (κ3) is 3.92. The number of rotatable bonds is 4. The number of sulfonamides is 1. The Kier molecular flexibility index (Phi) is 5.80. The van der Waals surface area contributed by atoms with Gasteiger partial charge in [-0.2, -0.15) is 0 Å². The molecule has 0 aromatic heterocycles. The molecule has 1 aromatic rings. The van der Waals surface area contributed by atoms with Gasteiger partial charge in [-0.15, -0.1) is 12.4 Å². The molecule has 0 spiro atoms. The number of nitrogens with two attached hydrogens (primary N) is 1. The van der Waals surface area contributed by atoms with Crippen molar-refractivity contribution in [3.63, 3.8) is 0 Å². The zero-order valence-corrected chi connectivity index (χ0v) is 12.6. The number of hydrogen-bond donors (Lipinski definition) is 2. The quantitative estimate of drug-likeness (QED) is 0.891. The average molecular weight is 305 g/mol. The highest BCUT2D eigenvalue weighted by Crippen LogP contribution is 2.26. The summed E-state index contributed by atoms with van der Waals surface area (Å²) in [5.74, 6) is 0.268. The Morgan fingerprint density at radius 1 is 1.37 bits per heavy atom. The largest absolute Gasteiger partial charge is 0.330 e. The third-order valence-corrected chi connectivity index (χ3v) is 5.06. The number of nitrogens with one attached hydrogen (secondary N) is 1. The molecule has 0 radical (unpaired) electrons. The Labute approximate surface area is 121 Å². The Morgan fingerprint density at radius 2 is 2.11 bits per heavy atom. The first kappa shape index (κ1) is 16.4. The summed E-state index contributed by atoms with van der Waals surface area (Å²) >= 11 is 0. The van der Waals surface area contributed by atoms with E-state index in [1.807, 2.05) is 13.0 Å². The number of aryl methyl sites for hydroxylation is 1. The molecule has 1 fully saturated rings. The van der Waals surface area contributed by atoms with E-state index in [0.717, 1.165) is 24.8 Å². The van der Waals surface area contributed by atoms with Crippen LogP contribution in [0, 0.1) is 12.8 Å². The van der Waals surface area contributed by atoms with Gasteiger partial charge in [0, 0.05) is 6.04 Å². The van der Waals surface area contributed by atoms with E-state index in [1.165, 1.54) is 0 Å². The first-order valence-electron chi connectivity index (χ1n) is 6.32. The van der Waals surface area contributed by atoms with Crippen LogP contribution in [0.3, 0.4) is 0 Å². The summed E-state index contributed by atoms with van der Waals surface area (Å²) in [7, 11) is -3.41. The van der Waals surface area contributed by atoms with E-state index >= 15 is 0 Å². The Morgan fingerprint density at radius 3 is 2.74 bits per heavy atom. The van der Waals surface area contributed by atoms with Gasteiger partial charge in [-0.05, 0) is 49.9 Å². The van der Waals surface area contributed by atoms with Crippen molar-refractivity contribution in [2.75, 3.05) is 6.54 Å². The van der Waals surface area contributed by atoms with E-state index in [0.29, 0.717) is 11.4 Å². The summed E-state index contributed by atoms with van der Waals surface area (Å²) in [6.07, 6.45) is 2.94. The molecule has 1 saturated carbocycles. The topological polar surface area (TPSA) is 72.2 Å². The molecule has 1 aromatic carbocycles. The lowest BCUT2D eigenvalue weighted by Gasteiger charge is -2.19. The summed E-state index contributed by atoms with van der Waals surface area (Å²) < 4.78 is 27.3. The maximum atomic E-state index is 12.2. The van der Waals surface area contributed by atoms with Gasteiger partial charge in [0.15, 0.2) is 0 Å². The molecular weight excluding hydrogens is 284 g/mol. The molecule has 4 nitrogen and oxygen atoms in total. The standard InChI is InChI=1S/C13H20N2O2S.ClH/c1-10-4-2-6-12(8-10)18(16,17)15-13-7-3-5-11(13)9-14;/h2,4,6,8,11,13,15H,3,5,7,9,14H2,1H3;1H. The highest BCUT2D eigenvalue weighted by molar-refractivity contribution is 7.89. The van der Waals surface area contributed by atoms with E-state index in [-0.39, 0.29) is 24.4 Å². The van der Waals surface area contributed by atoms with Crippen molar-refractivity contribution in [3.8, 4) is 0 Å². The maximum absolute atomic E-state index is 12.2. The van der Waals surface area contributed by atoms with Crippen molar-refractivity contribution >= 4 is 22.4 Å². The van der Waals surface area contributed by atoms with Gasteiger partial charge in [-0.1, -0.05) is 18.6 Å². The van der Waals surface area contributed by atoms with Crippen LogP contribution in [0.1, 0.15) is 24.8 Å². The van der Waals surface area contributed by atoms with Crippen molar-refractivity contribution < 1.29 is 8.42 Å². The first-order valence-corrected chi connectivity index (χ1v) is 7.80. The molecule has 6 heteroatoms. The van der Waals surface area contributed by atoms with Gasteiger partial charge >= 0.3 is 0 Å². The lowest BCUT2D eigenvalue weighted by Crippen LogP contribution is -2.39. The first-order chi connectivity index (χ1) is 8.53. The second kappa shape index (κ2) is 6.70. The molecule has 1 aliphatic carbocycles. The minimum Gasteiger partial charge on any atom is -0.330 e. The van der Waals surface area contributed by atoms with Crippen molar-refractivity contribution in [3.05, 3.63) is 29.8 Å². The van der Waals surface area contributed by atoms with Gasteiger partial charge in [-0.3, -0.25) is 0 Å². The normalized spacial score (nSPS) is 23.1. The van der Waals surface area contributed by atoms with Crippen molar-refractivity contribution in [2.45, 2.75) is 37.1 Å². The van der Waals surface area contributed by atoms with Gasteiger partial charge in [-0.25, -0.2) is 13.1 Å². The Hall–Kier alpha value is -0.620. The van der Waals surface area contributed by atoms with Gasteiger partial charge in [0.25, 0.3) is 0 Å². The molecule has 3 N–H and O–H groups in total. The summed E-state index contributed by atoms with van der Waals surface area (Å²) in [4.78, 5) is 0.338. The highest BCUT2D eigenvalue weighted by Gasteiger charge is 2.30. The number of halogens is 1. The van der Waals surface area contributed by atoms with Crippen LogP contribution in [0.4, 0.5) is 0 Å². The molecule has 0 aliphatic heterocycles. The number of benzene rings is 1. The minimum atomic E-state index is -3.41. The molecule has 108 valence electrons. The monoisotopic (exact) mass is 304 g/mol. The fourth-order valence-electron chi connectivity index (χ4n) is 2.52. The second-order valence-corrected chi connectivity index (χ2v) is 6.68. The van der Waals surface area contributed by atoms with E-state index in [1.54, 1.807) is 18.2 Å². The lowest BCUT2D eigenvalue weighted by atomic mass is 10.1.